The van der Waals surface area contributed by atoms with Crippen LogP contribution in [0.3, 0.4) is 0 Å². The summed E-state index contributed by atoms with van der Waals surface area (Å²) in [6.07, 6.45) is 2.85. The van der Waals surface area contributed by atoms with Crippen LogP contribution in [-0.4, -0.2) is 77.7 Å². The third-order valence-electron chi connectivity index (χ3n) is 9.84. The normalized spacial score (nSPS) is 20.0. The number of nitrogens with zero attached hydrogens (tertiary/aromatic N) is 4. The van der Waals surface area contributed by atoms with Crippen molar-refractivity contribution in [3.8, 4) is 11.5 Å². The lowest BCUT2D eigenvalue weighted by Gasteiger charge is -2.35. The van der Waals surface area contributed by atoms with Crippen LogP contribution in [0.4, 0.5) is 0 Å². The van der Waals surface area contributed by atoms with E-state index >= 15 is 0 Å². The van der Waals surface area contributed by atoms with Crippen molar-refractivity contribution in [1.29, 1.82) is 0 Å². The van der Waals surface area contributed by atoms with Gasteiger partial charge in [0.05, 0.1) is 17.9 Å². The summed E-state index contributed by atoms with van der Waals surface area (Å²) in [6.45, 7) is 3.42. The maximum atomic E-state index is 13.4. The predicted molar refractivity (Wildman–Crippen MR) is 180 cm³/mol. The Morgan fingerprint density at radius 3 is 2.55 bits per heavy atom. The number of oxazole rings is 1. The molecule has 11 heteroatoms. The fourth-order valence-electron chi connectivity index (χ4n) is 7.07. The molecule has 3 aromatic carbocycles. The second kappa shape index (κ2) is 12.7. The Balaban J connectivity index is 0.967. The number of aliphatic imine (C=N–C) groups is 1. The van der Waals surface area contributed by atoms with Crippen LogP contribution in [0.1, 0.15) is 42.7 Å². The van der Waals surface area contributed by atoms with Gasteiger partial charge in [-0.05, 0) is 67.5 Å². The minimum Gasteiger partial charge on any atom is -0.441 e. The van der Waals surface area contributed by atoms with Gasteiger partial charge in [0.25, 0.3) is 5.91 Å². The van der Waals surface area contributed by atoms with Gasteiger partial charge in [-0.1, -0.05) is 60.7 Å². The molecular formula is C36H39N5O5S. The van der Waals surface area contributed by atoms with E-state index in [2.05, 4.69) is 10.3 Å². The third kappa shape index (κ3) is 6.34. The van der Waals surface area contributed by atoms with Crippen LogP contribution in [0.2, 0.25) is 0 Å². The number of aryl methyl sites for hydroxylation is 2. The Labute approximate surface area is 274 Å². The summed E-state index contributed by atoms with van der Waals surface area (Å²) in [5.41, 5.74) is 1.54. The molecular weight excluding hydrogens is 614 g/mol. The van der Waals surface area contributed by atoms with Crippen LogP contribution in [0.15, 0.2) is 82.2 Å². The summed E-state index contributed by atoms with van der Waals surface area (Å²) in [5, 5.41) is 5.18. The molecule has 1 atom stereocenters. The average Bonchev–Trinajstić information content (AvgIpc) is 3.62. The van der Waals surface area contributed by atoms with E-state index in [0.29, 0.717) is 55.5 Å². The number of benzene rings is 3. The molecule has 2 saturated heterocycles. The maximum absolute atomic E-state index is 13.4. The molecule has 1 aromatic heterocycles. The van der Waals surface area contributed by atoms with E-state index in [4.69, 9.17) is 9.41 Å². The zero-order valence-corrected chi connectivity index (χ0v) is 27.3. The van der Waals surface area contributed by atoms with E-state index in [0.717, 1.165) is 34.7 Å². The van der Waals surface area contributed by atoms with Gasteiger partial charge in [-0.15, -0.1) is 0 Å². The minimum absolute atomic E-state index is 0.0160. The van der Waals surface area contributed by atoms with Crippen molar-refractivity contribution in [2.24, 2.45) is 10.9 Å². The molecule has 4 aromatic rings. The molecule has 3 aliphatic heterocycles. The molecule has 244 valence electrons. The Kier molecular flexibility index (Phi) is 8.44. The molecule has 1 unspecified atom stereocenters. The number of sulfonamides is 1. The van der Waals surface area contributed by atoms with Gasteiger partial charge >= 0.3 is 0 Å². The summed E-state index contributed by atoms with van der Waals surface area (Å²) in [5.74, 6) is 1.46. The number of carbonyl (C=O) groups is 2. The van der Waals surface area contributed by atoms with Crippen molar-refractivity contribution < 1.29 is 22.4 Å². The number of hydrogen-bond acceptors (Lipinski definition) is 7. The molecule has 2 amide bonds. The Hall–Kier alpha value is -4.35. The number of carbonyl (C=O) groups excluding carboxylic acids is 2. The molecule has 0 bridgehead atoms. The highest BCUT2D eigenvalue weighted by molar-refractivity contribution is 7.89. The molecule has 0 saturated carbocycles. The fraction of sp³-hybridized carbons (Fsp3) is 0.389. The van der Waals surface area contributed by atoms with Gasteiger partial charge in [0.1, 0.15) is 17.1 Å². The van der Waals surface area contributed by atoms with E-state index in [1.165, 1.54) is 4.31 Å². The fourth-order valence-corrected chi connectivity index (χ4v) is 8.54. The van der Waals surface area contributed by atoms with E-state index in [1.807, 2.05) is 84.6 Å². The molecule has 1 N–H and O–H groups in total. The number of nitrogens with one attached hydrogen (secondary N) is 1. The number of rotatable bonds is 8. The van der Waals surface area contributed by atoms with Gasteiger partial charge < -0.3 is 14.6 Å². The largest absolute Gasteiger partial charge is 0.441 e. The summed E-state index contributed by atoms with van der Waals surface area (Å²) < 4.78 is 34.1. The molecule has 0 aliphatic carbocycles. The van der Waals surface area contributed by atoms with Crippen LogP contribution in [-0.2, 0) is 32.5 Å². The molecule has 4 heterocycles. The molecule has 2 fully saturated rings. The summed E-state index contributed by atoms with van der Waals surface area (Å²) >= 11 is 0. The molecule has 10 nitrogen and oxygen atoms in total. The second-order valence-corrected chi connectivity index (χ2v) is 14.9. The quantitative estimate of drug-likeness (QED) is 0.298. The van der Waals surface area contributed by atoms with Crippen LogP contribution in [0.25, 0.3) is 22.2 Å². The molecule has 47 heavy (non-hydrogen) atoms. The topological polar surface area (TPSA) is 125 Å². The third-order valence-corrected chi connectivity index (χ3v) is 11.7. The lowest BCUT2D eigenvalue weighted by atomic mass is 9.89. The number of amides is 2. The van der Waals surface area contributed by atoms with Gasteiger partial charge in [0, 0.05) is 37.7 Å². The highest BCUT2D eigenvalue weighted by Gasteiger charge is 2.48. The first-order chi connectivity index (χ1) is 22.7. The molecule has 7 rings (SSSR count). The highest BCUT2D eigenvalue weighted by Crippen LogP contribution is 2.34. The van der Waals surface area contributed by atoms with Crippen molar-refractivity contribution >= 4 is 38.4 Å². The zero-order chi connectivity index (χ0) is 32.6. The molecule has 0 radical (unpaired) electrons. The lowest BCUT2D eigenvalue weighted by Crippen LogP contribution is -2.51. The molecule has 3 aliphatic rings. The van der Waals surface area contributed by atoms with Crippen LogP contribution in [0.5, 0.6) is 0 Å². The minimum atomic E-state index is -3.51. The Morgan fingerprint density at radius 2 is 1.74 bits per heavy atom. The number of aromatic nitrogens is 1. The zero-order valence-electron chi connectivity index (χ0n) is 26.5. The molecule has 1 spiro atoms. The van der Waals surface area contributed by atoms with E-state index < -0.39 is 15.6 Å². The number of piperidine rings is 2. The van der Waals surface area contributed by atoms with Crippen LogP contribution >= 0.6 is 0 Å². The second-order valence-electron chi connectivity index (χ2n) is 12.8. The Bertz CT molecular complexity index is 1940. The summed E-state index contributed by atoms with van der Waals surface area (Å²) in [4.78, 5) is 38.0. The average molecular weight is 654 g/mol. The smallest absolute Gasteiger partial charge is 0.253 e. The monoisotopic (exact) mass is 653 g/mol. The number of likely N-dealkylation sites (tertiary alicyclic amines) is 1. The van der Waals surface area contributed by atoms with Crippen molar-refractivity contribution in [2.75, 3.05) is 31.9 Å². The predicted octanol–water partition coefficient (Wildman–Crippen LogP) is 4.52. The van der Waals surface area contributed by atoms with Gasteiger partial charge in [-0.25, -0.2) is 17.7 Å². The number of fused-ring (bicyclic) bond motifs is 1. The van der Waals surface area contributed by atoms with Crippen molar-refractivity contribution in [2.45, 2.75) is 51.0 Å². The summed E-state index contributed by atoms with van der Waals surface area (Å²) in [6, 6.07) is 23.6. The number of hydrogen-bond donors (Lipinski definition) is 1. The van der Waals surface area contributed by atoms with Crippen LogP contribution in [0, 0.1) is 12.8 Å². The van der Waals surface area contributed by atoms with E-state index in [-0.39, 0.29) is 43.0 Å². The van der Waals surface area contributed by atoms with Crippen molar-refractivity contribution in [3.05, 3.63) is 89.8 Å². The SMILES string of the molecule is Cc1oc(-c2ccccc2)nc1CC(=O)N1CCCC(C2=NC3(CCN(S(=O)(=O)CCc4cccc5ccccc45)CC3)C(=O)N2)C1. The van der Waals surface area contributed by atoms with E-state index in [9.17, 15) is 18.0 Å². The standard InChI is InChI=1S/C36H39N5O5S/c1-25-31(37-34(46-25)28-10-3-2-4-11-28)23-32(42)40-19-8-14-29(24-40)33-38-35(43)36(39-33)17-20-41(21-18-36)47(44,45)22-16-27-13-7-12-26-9-5-6-15-30(26)27/h2-7,9-13,15,29H,8,14,16-24H2,1H3,(H,38,39,43). The lowest BCUT2D eigenvalue weighted by molar-refractivity contribution is -0.131. The Morgan fingerprint density at radius 1 is 1.00 bits per heavy atom. The van der Waals surface area contributed by atoms with Gasteiger partial charge in [-0.3, -0.25) is 14.6 Å². The first-order valence-corrected chi connectivity index (χ1v) is 18.0. The first-order valence-electron chi connectivity index (χ1n) is 16.4. The summed E-state index contributed by atoms with van der Waals surface area (Å²) in [7, 11) is -3.51. The number of amidine groups is 1. The maximum Gasteiger partial charge on any atom is 0.253 e. The first kappa shape index (κ1) is 31.3. The van der Waals surface area contributed by atoms with Crippen molar-refractivity contribution in [3.63, 3.8) is 0 Å². The van der Waals surface area contributed by atoms with Crippen molar-refractivity contribution in [1.82, 2.24) is 19.5 Å². The van der Waals surface area contributed by atoms with E-state index in [1.54, 1.807) is 0 Å². The van der Waals surface area contributed by atoms with Gasteiger partial charge in [-0.2, -0.15) is 0 Å². The van der Waals surface area contributed by atoms with Gasteiger partial charge in [0.2, 0.25) is 21.8 Å². The van der Waals surface area contributed by atoms with Gasteiger partial charge in [0.15, 0.2) is 0 Å². The highest BCUT2D eigenvalue weighted by atomic mass is 32.2. The van der Waals surface area contributed by atoms with Crippen LogP contribution < -0.4 is 5.32 Å².